The van der Waals surface area contributed by atoms with E-state index in [2.05, 4.69) is 43.4 Å². The molecule has 0 aliphatic heterocycles. The van der Waals surface area contributed by atoms with Crippen LogP contribution in [-0.4, -0.2) is 19.3 Å². The van der Waals surface area contributed by atoms with Crippen molar-refractivity contribution in [3.63, 3.8) is 0 Å². The normalized spacial score (nSPS) is 18.6. The maximum absolute atomic E-state index is 5.66. The molecule has 0 amide bonds. The van der Waals surface area contributed by atoms with Crippen molar-refractivity contribution in [2.75, 3.05) is 13.7 Å². The van der Waals surface area contributed by atoms with Gasteiger partial charge in [0.1, 0.15) is 0 Å². The number of benzene rings is 1. The quantitative estimate of drug-likeness (QED) is 0.766. The van der Waals surface area contributed by atoms with Crippen LogP contribution in [0.2, 0.25) is 0 Å². The van der Waals surface area contributed by atoms with Gasteiger partial charge < -0.3 is 10.1 Å². The van der Waals surface area contributed by atoms with Crippen LogP contribution in [0.5, 0.6) is 0 Å². The van der Waals surface area contributed by atoms with Gasteiger partial charge in [-0.15, -0.1) is 0 Å². The number of ether oxygens (including phenoxy) is 1. The molecule has 0 aromatic heterocycles. The highest BCUT2D eigenvalue weighted by molar-refractivity contribution is 5.25. The Morgan fingerprint density at radius 1 is 1.25 bits per heavy atom. The van der Waals surface area contributed by atoms with Gasteiger partial charge in [-0.05, 0) is 50.2 Å². The third-order valence-corrected chi connectivity index (χ3v) is 4.73. The Labute approximate surface area is 123 Å². The Balaban J connectivity index is 1.84. The maximum Gasteiger partial charge on any atom is 0.0802 e. The maximum atomic E-state index is 5.66. The van der Waals surface area contributed by atoms with Gasteiger partial charge in [-0.1, -0.05) is 37.6 Å². The van der Waals surface area contributed by atoms with Crippen LogP contribution >= 0.6 is 0 Å². The van der Waals surface area contributed by atoms with E-state index in [1.54, 1.807) is 0 Å². The Hall–Kier alpha value is -0.860. The Kier molecular flexibility index (Phi) is 5.62. The molecule has 1 saturated carbocycles. The van der Waals surface area contributed by atoms with E-state index in [9.17, 15) is 0 Å². The van der Waals surface area contributed by atoms with Gasteiger partial charge in [0.15, 0.2) is 0 Å². The molecule has 112 valence electrons. The number of aryl methyl sites for hydroxylation is 1. The molecule has 2 heteroatoms. The van der Waals surface area contributed by atoms with Gasteiger partial charge in [-0.25, -0.2) is 0 Å². The number of unbranched alkanes of at least 4 members (excludes halogenated alkanes) is 1. The van der Waals surface area contributed by atoms with Crippen molar-refractivity contribution >= 4 is 0 Å². The van der Waals surface area contributed by atoms with E-state index < -0.39 is 0 Å². The molecule has 20 heavy (non-hydrogen) atoms. The minimum atomic E-state index is 0.106. The first-order valence-corrected chi connectivity index (χ1v) is 8.06. The number of nitrogens with one attached hydrogen (secondary N) is 1. The highest BCUT2D eigenvalue weighted by atomic mass is 16.5. The molecule has 1 aliphatic carbocycles. The molecule has 0 saturated heterocycles. The second-order valence-electron chi connectivity index (χ2n) is 6.19. The van der Waals surface area contributed by atoms with Crippen molar-refractivity contribution in [3.8, 4) is 0 Å². The average Bonchev–Trinajstić information content (AvgIpc) is 2.45. The first-order chi connectivity index (χ1) is 9.69. The molecular formula is C18H29NO. The summed E-state index contributed by atoms with van der Waals surface area (Å²) in [7, 11) is 1.84. The SMILES string of the molecule is CCCCc1ccc(C(C)NCC2(OC)CCC2)cc1. The lowest BCUT2D eigenvalue weighted by atomic mass is 9.80. The molecule has 1 aliphatic rings. The van der Waals surface area contributed by atoms with Gasteiger partial charge in [0.25, 0.3) is 0 Å². The van der Waals surface area contributed by atoms with E-state index >= 15 is 0 Å². The molecule has 0 spiro atoms. The third-order valence-electron chi connectivity index (χ3n) is 4.73. The van der Waals surface area contributed by atoms with Crippen molar-refractivity contribution < 1.29 is 4.74 Å². The summed E-state index contributed by atoms with van der Waals surface area (Å²) >= 11 is 0. The minimum Gasteiger partial charge on any atom is -0.377 e. The summed E-state index contributed by atoms with van der Waals surface area (Å²) in [5, 5.41) is 3.63. The number of hydrogen-bond acceptors (Lipinski definition) is 2. The van der Waals surface area contributed by atoms with Crippen LogP contribution in [0.15, 0.2) is 24.3 Å². The van der Waals surface area contributed by atoms with Gasteiger partial charge in [-0.3, -0.25) is 0 Å². The molecule has 2 nitrogen and oxygen atoms in total. The van der Waals surface area contributed by atoms with Crippen LogP contribution in [0, 0.1) is 0 Å². The van der Waals surface area contributed by atoms with Crippen molar-refractivity contribution in [2.45, 2.75) is 64.0 Å². The zero-order chi connectivity index (χ0) is 14.4. The summed E-state index contributed by atoms with van der Waals surface area (Å²) in [6.45, 7) is 5.44. The molecule has 1 aromatic carbocycles. The molecule has 1 unspecified atom stereocenters. The zero-order valence-electron chi connectivity index (χ0n) is 13.2. The smallest absolute Gasteiger partial charge is 0.0802 e. The molecule has 1 atom stereocenters. The van der Waals surface area contributed by atoms with Crippen molar-refractivity contribution in [1.29, 1.82) is 0 Å². The van der Waals surface area contributed by atoms with Crippen LogP contribution in [0.3, 0.4) is 0 Å². The van der Waals surface area contributed by atoms with Crippen LogP contribution < -0.4 is 5.32 Å². The third kappa shape index (κ3) is 3.83. The van der Waals surface area contributed by atoms with E-state index in [4.69, 9.17) is 4.74 Å². The lowest BCUT2D eigenvalue weighted by Gasteiger charge is -2.41. The standard InChI is InChI=1S/C18H29NO/c1-4-5-7-16-8-10-17(11-9-16)15(2)19-14-18(20-3)12-6-13-18/h8-11,15,19H,4-7,12-14H2,1-3H3. The predicted molar refractivity (Wildman–Crippen MR) is 85.1 cm³/mol. The molecule has 0 radical (unpaired) electrons. The van der Waals surface area contributed by atoms with Crippen LogP contribution in [0.1, 0.15) is 63.1 Å². The summed E-state index contributed by atoms with van der Waals surface area (Å²) in [4.78, 5) is 0. The Morgan fingerprint density at radius 3 is 2.45 bits per heavy atom. The van der Waals surface area contributed by atoms with E-state index in [0.717, 1.165) is 6.54 Å². The molecule has 0 bridgehead atoms. The summed E-state index contributed by atoms with van der Waals surface area (Å²) in [5.74, 6) is 0. The second kappa shape index (κ2) is 7.24. The monoisotopic (exact) mass is 275 g/mol. The van der Waals surface area contributed by atoms with Crippen molar-refractivity contribution in [3.05, 3.63) is 35.4 Å². The van der Waals surface area contributed by atoms with Crippen molar-refractivity contribution in [2.24, 2.45) is 0 Å². The molecule has 1 fully saturated rings. The van der Waals surface area contributed by atoms with Crippen molar-refractivity contribution in [1.82, 2.24) is 5.32 Å². The van der Waals surface area contributed by atoms with E-state index in [1.807, 2.05) is 7.11 Å². The minimum absolute atomic E-state index is 0.106. The van der Waals surface area contributed by atoms with Crippen LogP contribution in [0.4, 0.5) is 0 Å². The fraction of sp³-hybridized carbons (Fsp3) is 0.667. The lowest BCUT2D eigenvalue weighted by Crippen LogP contribution is -2.48. The highest BCUT2D eigenvalue weighted by Crippen LogP contribution is 2.34. The Morgan fingerprint density at radius 2 is 1.95 bits per heavy atom. The Bertz CT molecular complexity index is 389. The topological polar surface area (TPSA) is 21.3 Å². The summed E-state index contributed by atoms with van der Waals surface area (Å²) in [5.41, 5.74) is 2.93. The van der Waals surface area contributed by atoms with Gasteiger partial charge >= 0.3 is 0 Å². The first kappa shape index (κ1) is 15.5. The molecule has 0 heterocycles. The predicted octanol–water partition coefficient (Wildman–Crippen LogP) is 4.25. The second-order valence-corrected chi connectivity index (χ2v) is 6.19. The summed E-state index contributed by atoms with van der Waals surface area (Å²) < 4.78 is 5.66. The van der Waals surface area contributed by atoms with Gasteiger partial charge in [-0.2, -0.15) is 0 Å². The summed E-state index contributed by atoms with van der Waals surface area (Å²) in [6, 6.07) is 9.48. The van der Waals surface area contributed by atoms with E-state index in [1.165, 1.54) is 49.7 Å². The molecular weight excluding hydrogens is 246 g/mol. The highest BCUT2D eigenvalue weighted by Gasteiger charge is 2.36. The lowest BCUT2D eigenvalue weighted by molar-refractivity contribution is -0.0706. The average molecular weight is 275 g/mol. The van der Waals surface area contributed by atoms with E-state index in [0.29, 0.717) is 6.04 Å². The van der Waals surface area contributed by atoms with Gasteiger partial charge in [0.05, 0.1) is 5.60 Å². The number of rotatable bonds is 8. The summed E-state index contributed by atoms with van der Waals surface area (Å²) in [6.07, 6.45) is 7.43. The van der Waals surface area contributed by atoms with Crippen LogP contribution in [-0.2, 0) is 11.2 Å². The fourth-order valence-electron chi connectivity index (χ4n) is 2.84. The van der Waals surface area contributed by atoms with Gasteiger partial charge in [0.2, 0.25) is 0 Å². The number of hydrogen-bond donors (Lipinski definition) is 1. The molecule has 2 rings (SSSR count). The van der Waals surface area contributed by atoms with Crippen LogP contribution in [0.25, 0.3) is 0 Å². The van der Waals surface area contributed by atoms with Gasteiger partial charge in [0, 0.05) is 19.7 Å². The molecule has 1 N–H and O–H groups in total. The largest absolute Gasteiger partial charge is 0.377 e. The fourth-order valence-corrected chi connectivity index (χ4v) is 2.84. The zero-order valence-corrected chi connectivity index (χ0v) is 13.2. The van der Waals surface area contributed by atoms with E-state index in [-0.39, 0.29) is 5.60 Å². The molecule has 1 aromatic rings. The first-order valence-electron chi connectivity index (χ1n) is 8.06. The number of methoxy groups -OCH3 is 1.